The van der Waals surface area contributed by atoms with E-state index in [1.807, 2.05) is 30.3 Å². The predicted octanol–water partition coefficient (Wildman–Crippen LogP) is 2.52. The van der Waals surface area contributed by atoms with E-state index in [4.69, 9.17) is 30.6 Å². The van der Waals surface area contributed by atoms with E-state index >= 15 is 0 Å². The van der Waals surface area contributed by atoms with Crippen molar-refractivity contribution in [3.05, 3.63) is 59.0 Å². The number of aromatic nitrogens is 3. The molecule has 3 aromatic rings. The van der Waals surface area contributed by atoms with E-state index in [-0.39, 0.29) is 11.6 Å². The highest BCUT2D eigenvalue weighted by molar-refractivity contribution is 7.70. The molecule has 12 nitrogen and oxygen atoms in total. The molecular formula is C19H23ClN4O8P2. The molecular weight excluding hydrogens is 510 g/mol. The van der Waals surface area contributed by atoms with Gasteiger partial charge in [0.2, 0.25) is 0 Å². The number of imidazole rings is 1. The molecule has 184 valence electrons. The summed E-state index contributed by atoms with van der Waals surface area (Å²) in [6.45, 7) is 0.00711. The maximum Gasteiger partial charge on any atom is 0.340 e. The number of fused-ring (bicyclic) bond motifs is 1. The van der Waals surface area contributed by atoms with Gasteiger partial charge in [0, 0.05) is 19.0 Å². The molecule has 1 aromatic carbocycles. The molecule has 15 heteroatoms. The fourth-order valence-corrected chi connectivity index (χ4v) is 6.38. The summed E-state index contributed by atoms with van der Waals surface area (Å²) in [4.78, 5) is 31.8. The van der Waals surface area contributed by atoms with Crippen molar-refractivity contribution in [3.63, 3.8) is 0 Å². The van der Waals surface area contributed by atoms with Gasteiger partial charge in [-0.05, 0) is 5.56 Å². The minimum atomic E-state index is -4.76. The Kier molecular flexibility index (Phi) is 7.44. The molecule has 34 heavy (non-hydrogen) atoms. The van der Waals surface area contributed by atoms with Gasteiger partial charge in [-0.15, -0.1) is 0 Å². The van der Waals surface area contributed by atoms with Crippen LogP contribution >= 0.6 is 26.8 Å². The molecule has 1 aliphatic heterocycles. The highest BCUT2D eigenvalue weighted by Gasteiger charge is 2.39. The summed E-state index contributed by atoms with van der Waals surface area (Å²) >= 11 is 6.22. The van der Waals surface area contributed by atoms with E-state index in [0.29, 0.717) is 23.6 Å². The molecule has 5 N–H and O–H groups in total. The maximum atomic E-state index is 11.9. The molecule has 0 aliphatic carbocycles. The Morgan fingerprint density at radius 2 is 1.97 bits per heavy atom. The van der Waals surface area contributed by atoms with Crippen molar-refractivity contribution in [1.82, 2.24) is 14.6 Å². The van der Waals surface area contributed by atoms with Crippen LogP contribution in [0, 0.1) is 0 Å². The lowest BCUT2D eigenvalue weighted by molar-refractivity contribution is -0.0198. The lowest BCUT2D eigenvalue weighted by Gasteiger charge is -2.18. The summed E-state index contributed by atoms with van der Waals surface area (Å²) < 4.78 is 35.0. The molecule has 0 spiro atoms. The van der Waals surface area contributed by atoms with Gasteiger partial charge >= 0.3 is 15.2 Å². The number of aliphatic hydroxyl groups is 1. The lowest BCUT2D eigenvalue weighted by atomic mass is 10.1. The molecule has 0 amide bonds. The van der Waals surface area contributed by atoms with Gasteiger partial charge in [-0.3, -0.25) is 9.13 Å². The number of nitrogens with one attached hydrogen (secondary N) is 1. The average molecular weight is 533 g/mol. The number of aliphatic hydroxyl groups excluding tert-OH is 1. The van der Waals surface area contributed by atoms with Crippen molar-refractivity contribution in [3.8, 4) is 0 Å². The smallest absolute Gasteiger partial charge is 0.340 e. The van der Waals surface area contributed by atoms with Crippen molar-refractivity contribution in [1.29, 1.82) is 0 Å². The molecule has 0 saturated carbocycles. The Labute approximate surface area is 199 Å². The van der Waals surface area contributed by atoms with Crippen LogP contribution in [-0.2, 0) is 24.9 Å². The second-order valence-electron chi connectivity index (χ2n) is 7.84. The van der Waals surface area contributed by atoms with E-state index in [2.05, 4.69) is 15.4 Å². The number of hydrogen-bond acceptors (Lipinski definition) is 8. The van der Waals surface area contributed by atoms with Crippen LogP contribution < -0.4 is 5.32 Å². The predicted molar refractivity (Wildman–Crippen MR) is 123 cm³/mol. The zero-order valence-electron chi connectivity index (χ0n) is 17.6. The zero-order chi connectivity index (χ0) is 24.5. The number of nitrogens with zero attached hydrogens (tertiary/aromatic N) is 3. The Bertz CT molecular complexity index is 1250. The first-order valence-corrected chi connectivity index (χ1v) is 14.1. The normalized spacial score (nSPS) is 22.7. The van der Waals surface area contributed by atoms with Crippen LogP contribution in [0.15, 0.2) is 42.6 Å². The number of benzene rings is 1. The van der Waals surface area contributed by atoms with Crippen LogP contribution in [0.2, 0.25) is 5.15 Å². The van der Waals surface area contributed by atoms with E-state index in [1.54, 1.807) is 6.07 Å². The van der Waals surface area contributed by atoms with Gasteiger partial charge in [0.15, 0.2) is 16.7 Å². The van der Waals surface area contributed by atoms with Crippen molar-refractivity contribution in [2.24, 2.45) is 0 Å². The van der Waals surface area contributed by atoms with E-state index in [9.17, 15) is 19.1 Å². The third-order valence-electron chi connectivity index (χ3n) is 5.15. The third kappa shape index (κ3) is 6.23. The highest BCUT2D eigenvalue weighted by Crippen LogP contribution is 2.55. The Balaban J connectivity index is 1.48. The van der Waals surface area contributed by atoms with E-state index < -0.39 is 46.0 Å². The van der Waals surface area contributed by atoms with Crippen molar-refractivity contribution < 1.29 is 38.2 Å². The van der Waals surface area contributed by atoms with Crippen molar-refractivity contribution >= 4 is 38.1 Å². The largest absolute Gasteiger partial charge is 0.390 e. The SMILES string of the molecule is O=P(O)(O)CP(=O)(O)OC[C@H]1O[C@@H](c2cnc3c(NCc4ccccc4)cc(Cl)nn23)C[C@@H]1O. The van der Waals surface area contributed by atoms with Gasteiger partial charge < -0.3 is 34.4 Å². The topological polar surface area (TPSA) is 176 Å². The Morgan fingerprint density at radius 3 is 2.68 bits per heavy atom. The fraction of sp³-hybridized carbons (Fsp3) is 0.368. The Hall–Kier alpha value is -1.85. The van der Waals surface area contributed by atoms with Crippen LogP contribution in [0.25, 0.3) is 5.65 Å². The molecule has 0 bridgehead atoms. The molecule has 3 heterocycles. The maximum absolute atomic E-state index is 11.9. The van der Waals surface area contributed by atoms with Crippen LogP contribution in [0.3, 0.4) is 0 Å². The second kappa shape index (κ2) is 10.0. The van der Waals surface area contributed by atoms with Gasteiger partial charge in [0.25, 0.3) is 0 Å². The van der Waals surface area contributed by atoms with Gasteiger partial charge in [0.1, 0.15) is 12.2 Å². The van der Waals surface area contributed by atoms with Crippen molar-refractivity contribution in [2.45, 2.75) is 31.3 Å². The lowest BCUT2D eigenvalue weighted by Crippen LogP contribution is -2.26. The number of halogens is 1. The van der Waals surface area contributed by atoms with Crippen LogP contribution in [0.1, 0.15) is 23.8 Å². The third-order valence-corrected chi connectivity index (χ3v) is 8.79. The molecule has 0 radical (unpaired) electrons. The van der Waals surface area contributed by atoms with Crippen LogP contribution in [-0.4, -0.2) is 59.1 Å². The number of ether oxygens (including phenoxy) is 1. The monoisotopic (exact) mass is 532 g/mol. The molecule has 2 aromatic heterocycles. The minimum Gasteiger partial charge on any atom is -0.390 e. The summed E-state index contributed by atoms with van der Waals surface area (Å²) in [5.41, 5.74) is 2.70. The van der Waals surface area contributed by atoms with Crippen LogP contribution in [0.5, 0.6) is 0 Å². The number of hydrogen-bond donors (Lipinski definition) is 5. The Morgan fingerprint density at radius 1 is 1.24 bits per heavy atom. The number of rotatable bonds is 9. The summed E-state index contributed by atoms with van der Waals surface area (Å²) in [5, 5.41) is 18.1. The minimum absolute atomic E-state index is 0.122. The summed E-state index contributed by atoms with van der Waals surface area (Å²) in [5.74, 6) is -1.32. The molecule has 1 unspecified atom stereocenters. The second-order valence-corrected chi connectivity index (χ2v) is 12.2. The zero-order valence-corrected chi connectivity index (χ0v) is 20.2. The standard InChI is InChI=1S/C19H23ClN4O8P2/c20-18-6-13(21-8-12-4-2-1-3-5-12)19-22-9-14(24(19)23-18)16-7-15(25)17(32-16)10-31-34(29,30)11-33(26,27)28/h1-6,9,15-17,21,25H,7-8,10-11H2,(H,29,30)(H2,26,27,28)/t15-,16+,17+/m0/s1. The molecule has 1 aliphatic rings. The molecule has 1 fully saturated rings. The molecule has 1 saturated heterocycles. The first kappa shape index (κ1) is 25.2. The summed E-state index contributed by atoms with van der Waals surface area (Å²) in [6, 6.07) is 11.4. The molecule has 4 atom stereocenters. The first-order valence-electron chi connectivity index (χ1n) is 10.2. The van der Waals surface area contributed by atoms with Crippen molar-refractivity contribution in [2.75, 3.05) is 17.8 Å². The summed E-state index contributed by atoms with van der Waals surface area (Å²) in [7, 11) is -9.33. The summed E-state index contributed by atoms with van der Waals surface area (Å²) in [6.07, 6.45) is -1.07. The first-order chi connectivity index (χ1) is 16.0. The fourth-order valence-electron chi connectivity index (χ4n) is 3.63. The average Bonchev–Trinajstić information content (AvgIpc) is 3.32. The molecule has 4 rings (SSSR count). The van der Waals surface area contributed by atoms with Gasteiger partial charge in [-0.2, -0.15) is 5.10 Å². The van der Waals surface area contributed by atoms with E-state index in [1.165, 1.54) is 10.7 Å². The number of anilines is 1. The highest BCUT2D eigenvalue weighted by atomic mass is 35.5. The van der Waals surface area contributed by atoms with E-state index in [0.717, 1.165) is 5.56 Å². The van der Waals surface area contributed by atoms with Crippen LogP contribution in [0.4, 0.5) is 5.69 Å². The van der Waals surface area contributed by atoms with Gasteiger partial charge in [-0.1, -0.05) is 41.9 Å². The van der Waals surface area contributed by atoms with Gasteiger partial charge in [-0.25, -0.2) is 9.50 Å². The van der Waals surface area contributed by atoms with Gasteiger partial charge in [0.05, 0.1) is 30.3 Å². The quantitative estimate of drug-likeness (QED) is 0.256.